The minimum Gasteiger partial charge on any atom is -0.334 e. The second-order valence-corrected chi connectivity index (χ2v) is 5.74. The van der Waals surface area contributed by atoms with E-state index in [0.717, 1.165) is 9.78 Å². The van der Waals surface area contributed by atoms with Crippen molar-refractivity contribution >= 4 is 28.8 Å². The minimum atomic E-state index is -0.364. The van der Waals surface area contributed by atoms with Gasteiger partial charge in [0.05, 0.1) is 10.6 Å². The molecule has 0 N–H and O–H groups in total. The highest BCUT2D eigenvalue weighted by atomic mass is 32.1. The summed E-state index contributed by atoms with van der Waals surface area (Å²) in [5, 5.41) is 5.89. The van der Waals surface area contributed by atoms with Crippen molar-refractivity contribution in [2.75, 3.05) is 4.90 Å². The maximum atomic E-state index is 11.8. The predicted octanol–water partition coefficient (Wildman–Crippen LogP) is 2.89. The number of carbonyl (C=O) groups is 2. The molecule has 23 heavy (non-hydrogen) atoms. The van der Waals surface area contributed by atoms with Crippen molar-refractivity contribution in [1.29, 1.82) is 0 Å². The van der Waals surface area contributed by atoms with Crippen LogP contribution in [0.3, 0.4) is 0 Å². The largest absolute Gasteiger partial charge is 0.334 e. The van der Waals surface area contributed by atoms with Gasteiger partial charge < -0.3 is 4.52 Å². The first kappa shape index (κ1) is 13.6. The highest BCUT2D eigenvalue weighted by molar-refractivity contribution is 7.13. The molecular weight excluding hydrogens is 314 g/mol. The van der Waals surface area contributed by atoms with E-state index in [1.165, 1.54) is 23.5 Å². The van der Waals surface area contributed by atoms with Gasteiger partial charge in [0.1, 0.15) is 0 Å². The molecule has 0 saturated heterocycles. The molecule has 2 amide bonds. The molecule has 0 unspecified atom stereocenters. The molecule has 1 aromatic carbocycles. The number of carbonyl (C=O) groups excluding carboxylic acids is 2. The SMILES string of the molecule is O=C1C=CC(=O)N1c1cccc(-c2nc(-c3cccs3)no2)c1. The van der Waals surface area contributed by atoms with Crippen LogP contribution in [0.15, 0.2) is 58.5 Å². The Morgan fingerprint density at radius 2 is 1.87 bits per heavy atom. The number of anilines is 1. The standard InChI is InChI=1S/C16H9N3O3S/c20-13-6-7-14(21)19(13)11-4-1-3-10(9-11)16-17-15(18-22-16)12-5-2-8-23-12/h1-9H. The maximum Gasteiger partial charge on any atom is 0.258 e. The average molecular weight is 323 g/mol. The normalized spacial score (nSPS) is 14.0. The third-order valence-corrected chi connectivity index (χ3v) is 4.19. The number of imide groups is 1. The maximum absolute atomic E-state index is 11.8. The van der Waals surface area contributed by atoms with Crippen molar-refractivity contribution in [3.05, 3.63) is 53.9 Å². The van der Waals surface area contributed by atoms with Crippen molar-refractivity contribution in [2.24, 2.45) is 0 Å². The number of hydrogen-bond acceptors (Lipinski definition) is 6. The molecule has 0 bridgehead atoms. The molecule has 0 aliphatic carbocycles. The van der Waals surface area contributed by atoms with Crippen LogP contribution in [0.5, 0.6) is 0 Å². The Bertz CT molecular complexity index is 910. The van der Waals surface area contributed by atoms with Crippen LogP contribution in [0.1, 0.15) is 0 Å². The van der Waals surface area contributed by atoms with Crippen LogP contribution >= 0.6 is 11.3 Å². The van der Waals surface area contributed by atoms with Crippen LogP contribution < -0.4 is 4.90 Å². The van der Waals surface area contributed by atoms with Gasteiger partial charge >= 0.3 is 0 Å². The van der Waals surface area contributed by atoms with Crippen LogP contribution in [0.4, 0.5) is 5.69 Å². The molecule has 6 nitrogen and oxygen atoms in total. The lowest BCUT2D eigenvalue weighted by molar-refractivity contribution is -0.119. The van der Waals surface area contributed by atoms with E-state index in [1.54, 1.807) is 24.3 Å². The molecule has 0 saturated carbocycles. The minimum absolute atomic E-state index is 0.335. The number of benzene rings is 1. The first-order valence-electron chi connectivity index (χ1n) is 6.76. The average Bonchev–Trinajstić information content (AvgIpc) is 3.28. The highest BCUT2D eigenvalue weighted by Gasteiger charge is 2.25. The molecule has 3 aromatic rings. The molecular formula is C16H9N3O3S. The van der Waals surface area contributed by atoms with Gasteiger partial charge in [0.25, 0.3) is 17.7 Å². The van der Waals surface area contributed by atoms with E-state index >= 15 is 0 Å². The number of amides is 2. The quantitative estimate of drug-likeness (QED) is 0.693. The first-order chi connectivity index (χ1) is 11.2. The Labute approximate surface area is 134 Å². The molecule has 0 spiro atoms. The second-order valence-electron chi connectivity index (χ2n) is 4.80. The summed E-state index contributed by atoms with van der Waals surface area (Å²) in [6.45, 7) is 0. The first-order valence-corrected chi connectivity index (χ1v) is 7.64. The van der Waals surface area contributed by atoms with E-state index < -0.39 is 0 Å². The molecule has 2 aromatic heterocycles. The highest BCUT2D eigenvalue weighted by Crippen LogP contribution is 2.28. The lowest BCUT2D eigenvalue weighted by atomic mass is 10.2. The number of hydrogen-bond donors (Lipinski definition) is 0. The van der Waals surface area contributed by atoms with E-state index in [4.69, 9.17) is 4.52 Å². The summed E-state index contributed by atoms with van der Waals surface area (Å²) in [6, 6.07) is 10.7. The molecule has 7 heteroatoms. The molecule has 1 aliphatic heterocycles. The molecule has 0 radical (unpaired) electrons. The van der Waals surface area contributed by atoms with E-state index in [2.05, 4.69) is 10.1 Å². The van der Waals surface area contributed by atoms with Gasteiger partial charge in [-0.3, -0.25) is 9.59 Å². The van der Waals surface area contributed by atoms with Gasteiger partial charge in [-0.05, 0) is 29.6 Å². The van der Waals surface area contributed by atoms with Gasteiger partial charge in [0.2, 0.25) is 5.82 Å². The number of nitrogens with zero attached hydrogens (tertiary/aromatic N) is 3. The van der Waals surface area contributed by atoms with E-state index in [0.29, 0.717) is 23.0 Å². The van der Waals surface area contributed by atoms with Crippen LogP contribution in [-0.2, 0) is 9.59 Å². The summed E-state index contributed by atoms with van der Waals surface area (Å²) >= 11 is 1.52. The molecule has 0 fully saturated rings. The predicted molar refractivity (Wildman–Crippen MR) is 84.7 cm³/mol. The second kappa shape index (κ2) is 5.29. The molecule has 112 valence electrons. The zero-order chi connectivity index (χ0) is 15.8. The zero-order valence-electron chi connectivity index (χ0n) is 11.7. The van der Waals surface area contributed by atoms with E-state index in [9.17, 15) is 9.59 Å². The smallest absolute Gasteiger partial charge is 0.258 e. The monoisotopic (exact) mass is 323 g/mol. The van der Waals surface area contributed by atoms with E-state index in [1.807, 2.05) is 17.5 Å². The van der Waals surface area contributed by atoms with Gasteiger partial charge in [0.15, 0.2) is 0 Å². The molecule has 0 atom stereocenters. The lowest BCUT2D eigenvalue weighted by Gasteiger charge is -2.13. The fourth-order valence-corrected chi connectivity index (χ4v) is 2.93. The van der Waals surface area contributed by atoms with Crippen molar-refractivity contribution in [3.8, 4) is 22.2 Å². The van der Waals surface area contributed by atoms with Crippen LogP contribution in [0.2, 0.25) is 0 Å². The summed E-state index contributed by atoms with van der Waals surface area (Å²) < 4.78 is 5.29. The number of thiophene rings is 1. The fraction of sp³-hybridized carbons (Fsp3) is 0. The third-order valence-electron chi connectivity index (χ3n) is 3.33. The van der Waals surface area contributed by atoms with Crippen LogP contribution in [-0.4, -0.2) is 22.0 Å². The Balaban J connectivity index is 1.69. The Morgan fingerprint density at radius 3 is 2.61 bits per heavy atom. The Hall–Kier alpha value is -3.06. The van der Waals surface area contributed by atoms with Gasteiger partial charge in [-0.2, -0.15) is 4.98 Å². The summed E-state index contributed by atoms with van der Waals surface area (Å²) in [6.07, 6.45) is 2.49. The zero-order valence-corrected chi connectivity index (χ0v) is 12.5. The van der Waals surface area contributed by atoms with Gasteiger partial charge in [-0.1, -0.05) is 17.3 Å². The summed E-state index contributed by atoms with van der Waals surface area (Å²) in [5.41, 5.74) is 1.11. The molecule has 3 heterocycles. The number of aromatic nitrogens is 2. The lowest BCUT2D eigenvalue weighted by Crippen LogP contribution is -2.29. The van der Waals surface area contributed by atoms with Crippen LogP contribution in [0, 0.1) is 0 Å². The Kier molecular flexibility index (Phi) is 3.13. The summed E-state index contributed by atoms with van der Waals surface area (Å²) in [4.78, 5) is 29.9. The van der Waals surface area contributed by atoms with Crippen molar-refractivity contribution < 1.29 is 14.1 Å². The number of rotatable bonds is 3. The fourth-order valence-electron chi connectivity index (χ4n) is 2.28. The van der Waals surface area contributed by atoms with Crippen LogP contribution in [0.25, 0.3) is 22.2 Å². The summed E-state index contributed by atoms with van der Waals surface area (Å²) in [5.74, 6) is 0.117. The van der Waals surface area contributed by atoms with Gasteiger partial charge in [0, 0.05) is 17.7 Å². The summed E-state index contributed by atoms with van der Waals surface area (Å²) in [7, 11) is 0. The van der Waals surface area contributed by atoms with Crippen molar-refractivity contribution in [3.63, 3.8) is 0 Å². The van der Waals surface area contributed by atoms with E-state index in [-0.39, 0.29) is 11.8 Å². The van der Waals surface area contributed by atoms with Crippen molar-refractivity contribution in [1.82, 2.24) is 10.1 Å². The molecule has 1 aliphatic rings. The molecule has 4 rings (SSSR count). The topological polar surface area (TPSA) is 76.3 Å². The Morgan fingerprint density at radius 1 is 1.04 bits per heavy atom. The third kappa shape index (κ3) is 2.36. The van der Waals surface area contributed by atoms with Crippen molar-refractivity contribution in [2.45, 2.75) is 0 Å². The van der Waals surface area contributed by atoms with Gasteiger partial charge in [-0.25, -0.2) is 4.90 Å². The van der Waals surface area contributed by atoms with Gasteiger partial charge in [-0.15, -0.1) is 11.3 Å².